The predicted octanol–water partition coefficient (Wildman–Crippen LogP) is 0.489. The molecule has 0 aliphatic carbocycles. The highest BCUT2D eigenvalue weighted by Crippen LogP contribution is 2.27. The van der Waals surface area contributed by atoms with Crippen LogP contribution in [0.5, 0.6) is 0 Å². The van der Waals surface area contributed by atoms with Crippen LogP contribution in [0.1, 0.15) is 6.92 Å². The van der Waals surface area contributed by atoms with Crippen LogP contribution in [0.4, 0.5) is 0 Å². The molecule has 2 rings (SSSR count). The Morgan fingerprint density at radius 1 is 1.53 bits per heavy atom. The van der Waals surface area contributed by atoms with Gasteiger partial charge in [-0.15, -0.1) is 0 Å². The van der Waals surface area contributed by atoms with Crippen molar-refractivity contribution in [2.75, 3.05) is 13.2 Å². The van der Waals surface area contributed by atoms with Crippen LogP contribution in [0, 0.1) is 5.41 Å². The third-order valence-electron chi connectivity index (χ3n) is 2.60. The molecule has 0 bridgehead atoms. The van der Waals surface area contributed by atoms with Crippen molar-refractivity contribution in [2.45, 2.75) is 6.92 Å². The molecule has 80 valence electrons. The standard InChI is InChI=1S/C11H14N2O2/c1-11(7-15-8-11)10(14)12-9-5-3-4-6-13(9)2/h3-6H,7-8H2,1-2H3. The fraction of sp³-hybridized carbons (Fsp3) is 0.455. The Kier molecular flexibility index (Phi) is 2.44. The summed E-state index contributed by atoms with van der Waals surface area (Å²) in [5, 5.41) is 0. The van der Waals surface area contributed by atoms with Gasteiger partial charge in [0.1, 0.15) is 5.49 Å². The second-order valence-corrected chi connectivity index (χ2v) is 4.14. The maximum Gasteiger partial charge on any atom is 0.258 e. The molecule has 1 saturated heterocycles. The lowest BCUT2D eigenvalue weighted by Gasteiger charge is -2.34. The molecule has 1 fully saturated rings. The van der Waals surface area contributed by atoms with Crippen LogP contribution >= 0.6 is 0 Å². The number of hydrogen-bond acceptors (Lipinski definition) is 2. The number of hydrogen-bond donors (Lipinski definition) is 0. The van der Waals surface area contributed by atoms with E-state index in [1.54, 1.807) is 0 Å². The molecule has 0 aromatic carbocycles. The molecule has 1 aliphatic heterocycles. The van der Waals surface area contributed by atoms with Gasteiger partial charge in [-0.3, -0.25) is 4.79 Å². The van der Waals surface area contributed by atoms with Gasteiger partial charge in [-0.2, -0.15) is 4.99 Å². The summed E-state index contributed by atoms with van der Waals surface area (Å²) in [7, 11) is 1.87. The number of carbonyl (C=O) groups excluding carboxylic acids is 1. The monoisotopic (exact) mass is 206 g/mol. The summed E-state index contributed by atoms with van der Waals surface area (Å²) < 4.78 is 6.86. The number of aromatic nitrogens is 1. The van der Waals surface area contributed by atoms with Gasteiger partial charge in [0.25, 0.3) is 5.91 Å². The summed E-state index contributed by atoms with van der Waals surface area (Å²) in [6.45, 7) is 2.84. The number of carbonyl (C=O) groups is 1. The van der Waals surface area contributed by atoms with E-state index in [2.05, 4.69) is 4.99 Å². The predicted molar refractivity (Wildman–Crippen MR) is 54.9 cm³/mol. The van der Waals surface area contributed by atoms with E-state index in [0.29, 0.717) is 18.7 Å². The van der Waals surface area contributed by atoms with Crippen molar-refractivity contribution < 1.29 is 9.53 Å². The molecule has 1 aromatic rings. The quantitative estimate of drug-likeness (QED) is 0.671. The Labute approximate surface area is 88.2 Å². The van der Waals surface area contributed by atoms with E-state index >= 15 is 0 Å². The summed E-state index contributed by atoms with van der Waals surface area (Å²) in [5.74, 6) is -0.101. The highest BCUT2D eigenvalue weighted by molar-refractivity contribution is 5.84. The Bertz CT molecular complexity index is 444. The van der Waals surface area contributed by atoms with Gasteiger partial charge in [-0.05, 0) is 19.1 Å². The summed E-state index contributed by atoms with van der Waals surface area (Å²) in [4.78, 5) is 15.9. The lowest BCUT2D eigenvalue weighted by molar-refractivity contribution is -0.154. The first-order valence-electron chi connectivity index (χ1n) is 4.90. The van der Waals surface area contributed by atoms with Crippen LogP contribution in [0.25, 0.3) is 0 Å². The maximum atomic E-state index is 11.8. The molecule has 4 heteroatoms. The number of ether oxygens (including phenoxy) is 1. The van der Waals surface area contributed by atoms with Crippen molar-refractivity contribution in [1.29, 1.82) is 0 Å². The van der Waals surface area contributed by atoms with Crippen molar-refractivity contribution in [3.63, 3.8) is 0 Å². The van der Waals surface area contributed by atoms with Crippen LogP contribution in [-0.4, -0.2) is 23.7 Å². The Morgan fingerprint density at radius 2 is 2.27 bits per heavy atom. The molecule has 1 aliphatic rings. The van der Waals surface area contributed by atoms with Gasteiger partial charge in [-0.1, -0.05) is 6.07 Å². The fourth-order valence-electron chi connectivity index (χ4n) is 1.40. The summed E-state index contributed by atoms with van der Waals surface area (Å²) >= 11 is 0. The highest BCUT2D eigenvalue weighted by atomic mass is 16.5. The van der Waals surface area contributed by atoms with Crippen molar-refractivity contribution in [2.24, 2.45) is 17.5 Å². The fourth-order valence-corrected chi connectivity index (χ4v) is 1.40. The molecule has 0 unspecified atom stereocenters. The van der Waals surface area contributed by atoms with Crippen molar-refractivity contribution in [3.8, 4) is 0 Å². The van der Waals surface area contributed by atoms with E-state index in [-0.39, 0.29) is 5.91 Å². The van der Waals surface area contributed by atoms with E-state index in [0.717, 1.165) is 0 Å². The largest absolute Gasteiger partial charge is 0.379 e. The summed E-state index contributed by atoms with van der Waals surface area (Å²) in [6, 6.07) is 5.59. The maximum absolute atomic E-state index is 11.8. The molecule has 0 N–H and O–H groups in total. The molecule has 1 amide bonds. The first-order chi connectivity index (χ1) is 7.12. The zero-order chi connectivity index (χ0) is 10.9. The Hall–Kier alpha value is -1.42. The third kappa shape index (κ3) is 1.85. The molecule has 4 nitrogen and oxygen atoms in total. The van der Waals surface area contributed by atoms with Crippen LogP contribution in [0.2, 0.25) is 0 Å². The number of aryl methyl sites for hydroxylation is 1. The van der Waals surface area contributed by atoms with Gasteiger partial charge in [0.2, 0.25) is 0 Å². The minimum atomic E-state index is -0.414. The van der Waals surface area contributed by atoms with Gasteiger partial charge in [0.05, 0.1) is 18.6 Å². The molecule has 0 saturated carbocycles. The van der Waals surface area contributed by atoms with Crippen molar-refractivity contribution in [3.05, 3.63) is 29.9 Å². The average molecular weight is 206 g/mol. The van der Waals surface area contributed by atoms with Crippen LogP contribution in [0.3, 0.4) is 0 Å². The zero-order valence-electron chi connectivity index (χ0n) is 8.93. The zero-order valence-corrected chi connectivity index (χ0v) is 8.93. The number of pyridine rings is 1. The molecule has 1 aromatic heterocycles. The number of amides is 1. The second-order valence-electron chi connectivity index (χ2n) is 4.14. The number of nitrogens with zero attached hydrogens (tertiary/aromatic N) is 2. The summed E-state index contributed by atoms with van der Waals surface area (Å²) in [6.07, 6.45) is 1.87. The lowest BCUT2D eigenvalue weighted by atomic mass is 9.88. The van der Waals surface area contributed by atoms with Crippen LogP contribution in [-0.2, 0) is 16.6 Å². The Morgan fingerprint density at radius 3 is 2.80 bits per heavy atom. The topological polar surface area (TPSA) is 43.6 Å². The second kappa shape index (κ2) is 3.62. The van der Waals surface area contributed by atoms with Gasteiger partial charge in [0.15, 0.2) is 0 Å². The lowest BCUT2D eigenvalue weighted by Crippen LogP contribution is -2.46. The van der Waals surface area contributed by atoms with Crippen LogP contribution < -0.4 is 5.49 Å². The molecular weight excluding hydrogens is 192 g/mol. The molecule has 0 atom stereocenters. The first-order valence-corrected chi connectivity index (χ1v) is 4.90. The van der Waals surface area contributed by atoms with E-state index in [9.17, 15) is 4.79 Å². The first kappa shape index (κ1) is 10.1. The van der Waals surface area contributed by atoms with Gasteiger partial charge < -0.3 is 9.30 Å². The van der Waals surface area contributed by atoms with E-state index in [1.165, 1.54) is 0 Å². The van der Waals surface area contributed by atoms with E-state index in [4.69, 9.17) is 4.74 Å². The third-order valence-corrected chi connectivity index (χ3v) is 2.60. The average Bonchev–Trinajstić information content (AvgIpc) is 2.18. The van der Waals surface area contributed by atoms with Gasteiger partial charge >= 0.3 is 0 Å². The van der Waals surface area contributed by atoms with Crippen LogP contribution in [0.15, 0.2) is 29.4 Å². The van der Waals surface area contributed by atoms with Crippen molar-refractivity contribution >= 4 is 5.91 Å². The normalized spacial score (nSPS) is 19.7. The number of rotatable bonds is 1. The summed E-state index contributed by atoms with van der Waals surface area (Å²) in [5.41, 5.74) is 0.263. The minimum Gasteiger partial charge on any atom is -0.379 e. The van der Waals surface area contributed by atoms with Crippen molar-refractivity contribution in [1.82, 2.24) is 4.57 Å². The molecular formula is C11H14N2O2. The highest BCUT2D eigenvalue weighted by Gasteiger charge is 2.40. The smallest absolute Gasteiger partial charge is 0.258 e. The molecule has 2 heterocycles. The molecule has 0 spiro atoms. The van der Waals surface area contributed by atoms with Gasteiger partial charge in [0, 0.05) is 13.2 Å². The van der Waals surface area contributed by atoms with E-state index < -0.39 is 5.41 Å². The molecule has 15 heavy (non-hydrogen) atoms. The van der Waals surface area contributed by atoms with Gasteiger partial charge in [-0.25, -0.2) is 0 Å². The minimum absolute atomic E-state index is 0.101. The Balaban J connectivity index is 2.31. The van der Waals surface area contributed by atoms with E-state index in [1.807, 2.05) is 42.9 Å². The molecule has 0 radical (unpaired) electrons. The SMILES string of the molecule is Cn1ccccc1=NC(=O)C1(C)COC1.